The molecule has 7 heteroatoms. The predicted octanol–water partition coefficient (Wildman–Crippen LogP) is 2.46. The number of allylic oxidation sites excluding steroid dienone is 1. The first-order valence-electron chi connectivity index (χ1n) is 8.74. The maximum atomic E-state index is 12.8. The van der Waals surface area contributed by atoms with Crippen molar-refractivity contribution in [2.75, 3.05) is 13.2 Å². The van der Waals surface area contributed by atoms with Crippen LogP contribution in [0.15, 0.2) is 36.4 Å². The van der Waals surface area contributed by atoms with Crippen molar-refractivity contribution < 1.29 is 9.63 Å². The van der Waals surface area contributed by atoms with E-state index >= 15 is 0 Å². The molecule has 3 rings (SSSR count). The van der Waals surface area contributed by atoms with Crippen molar-refractivity contribution in [3.05, 3.63) is 53.2 Å². The van der Waals surface area contributed by atoms with Crippen LogP contribution in [0, 0.1) is 11.3 Å². The van der Waals surface area contributed by atoms with E-state index in [-0.39, 0.29) is 12.5 Å². The smallest absolute Gasteiger partial charge is 0.260 e. The molecule has 1 aliphatic rings. The average Bonchev–Trinajstić information content (AvgIpc) is 3.09. The first-order chi connectivity index (χ1) is 12.7. The number of carbonyl (C=O) groups excluding carboxylic acids is 1. The highest BCUT2D eigenvalue weighted by molar-refractivity contribution is 5.95. The number of nitriles is 1. The molecule has 7 nitrogen and oxygen atoms in total. The topological polar surface area (TPSA) is 84.0 Å². The molecule has 134 valence electrons. The quantitative estimate of drug-likeness (QED) is 0.565. The summed E-state index contributed by atoms with van der Waals surface area (Å²) in [4.78, 5) is 25.5. The van der Waals surface area contributed by atoms with Crippen molar-refractivity contribution in [3.8, 4) is 6.07 Å². The summed E-state index contributed by atoms with van der Waals surface area (Å²) >= 11 is 0. The van der Waals surface area contributed by atoms with E-state index in [0.717, 1.165) is 29.8 Å². The molecule has 0 N–H and O–H groups in total. The van der Waals surface area contributed by atoms with Crippen LogP contribution in [0.1, 0.15) is 47.8 Å². The molecule has 0 atom stereocenters. The number of nitrogens with zero attached hydrogens (tertiary/aromatic N) is 5. The molecule has 1 aliphatic carbocycles. The molecule has 0 bridgehead atoms. The largest absolute Gasteiger partial charge is 0.396 e. The Morgan fingerprint density at radius 3 is 3.04 bits per heavy atom. The van der Waals surface area contributed by atoms with Gasteiger partial charge < -0.3 is 4.84 Å². The number of fused-ring (bicyclic) bond motifs is 1. The standard InChI is InChI=1S/C19H21N5O2/c1-2-3-11-26-24-18-7-6-17(12-16(18)14-22-24)23(10-8-20)19(25)15-5-4-9-21-13-15/h4-5,9,12-14H,2-3,6-7,10-11H2,1H3. The Hall–Kier alpha value is -3.14. The van der Waals surface area contributed by atoms with Gasteiger partial charge in [-0.3, -0.25) is 14.7 Å². The molecule has 26 heavy (non-hydrogen) atoms. The van der Waals surface area contributed by atoms with Gasteiger partial charge in [0.05, 0.1) is 23.5 Å². The normalized spacial score (nSPS) is 12.7. The maximum Gasteiger partial charge on any atom is 0.260 e. The lowest BCUT2D eigenvalue weighted by Crippen LogP contribution is -2.32. The summed E-state index contributed by atoms with van der Waals surface area (Å²) < 4.78 is 0. The second-order valence-corrected chi connectivity index (χ2v) is 6.03. The van der Waals surface area contributed by atoms with Gasteiger partial charge >= 0.3 is 0 Å². The zero-order chi connectivity index (χ0) is 18.4. The summed E-state index contributed by atoms with van der Waals surface area (Å²) in [6.45, 7) is 2.73. The van der Waals surface area contributed by atoms with Gasteiger partial charge in [-0.2, -0.15) is 5.26 Å². The van der Waals surface area contributed by atoms with Gasteiger partial charge in [-0.05, 0) is 37.5 Å². The summed E-state index contributed by atoms with van der Waals surface area (Å²) in [7, 11) is 0. The zero-order valence-electron chi connectivity index (χ0n) is 14.8. The van der Waals surface area contributed by atoms with Crippen LogP contribution in [0.3, 0.4) is 0 Å². The van der Waals surface area contributed by atoms with Crippen molar-refractivity contribution in [3.63, 3.8) is 0 Å². The van der Waals surface area contributed by atoms with E-state index in [1.807, 2.05) is 6.08 Å². The van der Waals surface area contributed by atoms with Gasteiger partial charge in [-0.15, -0.1) is 9.94 Å². The highest BCUT2D eigenvalue weighted by Gasteiger charge is 2.24. The highest BCUT2D eigenvalue weighted by atomic mass is 16.7. The second-order valence-electron chi connectivity index (χ2n) is 6.03. The summed E-state index contributed by atoms with van der Waals surface area (Å²) in [5, 5.41) is 13.4. The number of hydrogen-bond acceptors (Lipinski definition) is 5. The van der Waals surface area contributed by atoms with E-state index in [2.05, 4.69) is 23.1 Å². The minimum atomic E-state index is -0.221. The SMILES string of the molecule is CCCCOn1ncc2c1CCC(N(CC#N)C(=O)c1cccnc1)=C2. The average molecular weight is 351 g/mol. The molecule has 2 heterocycles. The summed E-state index contributed by atoms with van der Waals surface area (Å²) in [6, 6.07) is 5.49. The molecule has 0 aromatic carbocycles. The summed E-state index contributed by atoms with van der Waals surface area (Å²) in [5.74, 6) is -0.221. The molecular formula is C19H21N5O2. The molecule has 2 aromatic heterocycles. The number of carbonyl (C=O) groups is 1. The summed E-state index contributed by atoms with van der Waals surface area (Å²) in [5.41, 5.74) is 3.19. The Bertz CT molecular complexity index is 835. The van der Waals surface area contributed by atoms with E-state index < -0.39 is 0 Å². The molecule has 0 spiro atoms. The lowest BCUT2D eigenvalue weighted by Gasteiger charge is -2.25. The van der Waals surface area contributed by atoms with Crippen molar-refractivity contribution >= 4 is 12.0 Å². The highest BCUT2D eigenvalue weighted by Crippen LogP contribution is 2.26. The Labute approximate surface area is 152 Å². The van der Waals surface area contributed by atoms with Crippen LogP contribution in [-0.2, 0) is 6.42 Å². The fourth-order valence-electron chi connectivity index (χ4n) is 2.87. The van der Waals surface area contributed by atoms with Crippen molar-refractivity contribution in [2.45, 2.75) is 32.6 Å². The lowest BCUT2D eigenvalue weighted by atomic mass is 10.0. The Morgan fingerprint density at radius 1 is 1.42 bits per heavy atom. The number of aromatic nitrogens is 3. The Kier molecular flexibility index (Phi) is 5.64. The number of pyridine rings is 1. The van der Waals surface area contributed by atoms with Crippen LogP contribution in [-0.4, -0.2) is 38.9 Å². The van der Waals surface area contributed by atoms with Gasteiger partial charge in [0.15, 0.2) is 0 Å². The molecule has 2 aromatic rings. The number of hydrogen-bond donors (Lipinski definition) is 0. The van der Waals surface area contributed by atoms with Crippen molar-refractivity contribution in [2.24, 2.45) is 0 Å². The van der Waals surface area contributed by atoms with E-state index in [1.54, 1.807) is 29.4 Å². The first kappa shape index (κ1) is 17.7. The first-order valence-corrected chi connectivity index (χ1v) is 8.74. The van der Waals surface area contributed by atoms with E-state index in [9.17, 15) is 4.79 Å². The van der Waals surface area contributed by atoms with Crippen molar-refractivity contribution in [1.29, 1.82) is 5.26 Å². The van der Waals surface area contributed by atoms with Crippen LogP contribution in [0.4, 0.5) is 0 Å². The molecule has 0 fully saturated rings. The van der Waals surface area contributed by atoms with Crippen LogP contribution in [0.2, 0.25) is 0 Å². The third-order valence-electron chi connectivity index (χ3n) is 4.25. The van der Waals surface area contributed by atoms with Crippen LogP contribution in [0.5, 0.6) is 0 Å². The fourth-order valence-corrected chi connectivity index (χ4v) is 2.87. The Balaban J connectivity index is 1.82. The maximum absolute atomic E-state index is 12.8. The fraction of sp³-hybridized carbons (Fsp3) is 0.368. The monoisotopic (exact) mass is 351 g/mol. The Morgan fingerprint density at radius 2 is 2.31 bits per heavy atom. The minimum absolute atomic E-state index is 0.00394. The minimum Gasteiger partial charge on any atom is -0.396 e. The van der Waals surface area contributed by atoms with Crippen LogP contribution in [0.25, 0.3) is 6.08 Å². The molecule has 0 saturated carbocycles. The van der Waals surface area contributed by atoms with Gasteiger partial charge in [0.2, 0.25) is 0 Å². The molecule has 0 aliphatic heterocycles. The summed E-state index contributed by atoms with van der Waals surface area (Å²) in [6.07, 6.45) is 10.2. The van der Waals surface area contributed by atoms with Gasteiger partial charge in [0, 0.05) is 23.7 Å². The molecule has 0 unspecified atom stereocenters. The molecule has 1 amide bonds. The zero-order valence-corrected chi connectivity index (χ0v) is 14.8. The number of amides is 1. The molecule has 0 radical (unpaired) electrons. The van der Waals surface area contributed by atoms with Crippen LogP contribution < -0.4 is 4.84 Å². The number of rotatable bonds is 7. The third-order valence-corrected chi connectivity index (χ3v) is 4.25. The van der Waals surface area contributed by atoms with E-state index in [1.165, 1.54) is 11.1 Å². The van der Waals surface area contributed by atoms with E-state index in [0.29, 0.717) is 25.0 Å². The van der Waals surface area contributed by atoms with Gasteiger partial charge in [-0.1, -0.05) is 13.3 Å². The molecular weight excluding hydrogens is 330 g/mol. The lowest BCUT2D eigenvalue weighted by molar-refractivity contribution is 0.0733. The molecule has 0 saturated heterocycles. The van der Waals surface area contributed by atoms with Crippen molar-refractivity contribution in [1.82, 2.24) is 19.8 Å². The van der Waals surface area contributed by atoms with Gasteiger partial charge in [0.25, 0.3) is 5.91 Å². The van der Waals surface area contributed by atoms with E-state index in [4.69, 9.17) is 10.1 Å². The third kappa shape index (κ3) is 3.75. The van der Waals surface area contributed by atoms with Gasteiger partial charge in [-0.25, -0.2) is 0 Å². The van der Waals surface area contributed by atoms with Gasteiger partial charge in [0.1, 0.15) is 13.2 Å². The number of unbranched alkanes of at least 4 members (excludes halogenated alkanes) is 1. The second kappa shape index (κ2) is 8.30. The van der Waals surface area contributed by atoms with Crippen LogP contribution >= 0.6 is 0 Å². The predicted molar refractivity (Wildman–Crippen MR) is 95.8 cm³/mol.